The first-order valence-electron chi connectivity index (χ1n) is 12.5. The Morgan fingerprint density at radius 2 is 1.39 bits per heavy atom. The molecule has 0 heterocycles. The first kappa shape index (κ1) is 33.1. The van der Waals surface area contributed by atoms with E-state index >= 15 is 0 Å². The van der Waals surface area contributed by atoms with E-state index in [-0.39, 0.29) is 37.2 Å². The number of amides is 3. The zero-order valence-electron chi connectivity index (χ0n) is 22.0. The lowest BCUT2D eigenvalue weighted by atomic mass is 9.98. The Morgan fingerprint density at radius 3 is 1.86 bits per heavy atom. The fourth-order valence-electron chi connectivity index (χ4n) is 3.35. The molecule has 36 heavy (non-hydrogen) atoms. The van der Waals surface area contributed by atoms with Crippen LogP contribution in [0.1, 0.15) is 66.2 Å². The van der Waals surface area contributed by atoms with E-state index in [1.165, 1.54) is 0 Å². The Bertz CT molecular complexity index is 742. The van der Waals surface area contributed by atoms with Crippen LogP contribution in [0.2, 0.25) is 0 Å². The smallest absolute Gasteiger partial charge is 0.326 e. The number of rotatable bonds is 18. The highest BCUT2D eigenvalue weighted by molar-refractivity contribution is 5.94. The SMILES string of the molecule is CCC(C)C(N)C(=O)NC(CCCN=C(N)N)C(=O)NC(CCCCN)C(=O)NC(C(=O)O)C(C)C. The molecule has 0 aromatic heterocycles. The monoisotopic (exact) mass is 514 g/mol. The number of aliphatic carboxylic acids is 1. The van der Waals surface area contributed by atoms with E-state index in [0.717, 1.165) is 0 Å². The number of hydrogen-bond donors (Lipinski definition) is 8. The Labute approximate surface area is 213 Å². The van der Waals surface area contributed by atoms with Gasteiger partial charge in [-0.15, -0.1) is 0 Å². The molecule has 0 saturated carbocycles. The molecule has 0 aliphatic rings. The van der Waals surface area contributed by atoms with E-state index < -0.39 is 47.9 Å². The summed E-state index contributed by atoms with van der Waals surface area (Å²) in [6.07, 6.45) is 2.67. The average molecular weight is 515 g/mol. The van der Waals surface area contributed by atoms with Crippen LogP contribution in [0.15, 0.2) is 4.99 Å². The van der Waals surface area contributed by atoms with Gasteiger partial charge in [-0.25, -0.2) is 4.79 Å². The van der Waals surface area contributed by atoms with Gasteiger partial charge in [0, 0.05) is 6.54 Å². The van der Waals surface area contributed by atoms with Crippen molar-refractivity contribution in [1.82, 2.24) is 16.0 Å². The summed E-state index contributed by atoms with van der Waals surface area (Å²) < 4.78 is 0. The van der Waals surface area contributed by atoms with E-state index in [1.807, 2.05) is 13.8 Å². The highest BCUT2D eigenvalue weighted by Gasteiger charge is 2.31. The predicted octanol–water partition coefficient (Wildman–Crippen LogP) is -1.26. The summed E-state index contributed by atoms with van der Waals surface area (Å²) in [5.41, 5.74) is 22.3. The van der Waals surface area contributed by atoms with Crippen LogP contribution in [0.3, 0.4) is 0 Å². The van der Waals surface area contributed by atoms with Crippen LogP contribution in [0.4, 0.5) is 0 Å². The lowest BCUT2D eigenvalue weighted by Gasteiger charge is -2.26. The van der Waals surface area contributed by atoms with Crippen LogP contribution < -0.4 is 38.9 Å². The van der Waals surface area contributed by atoms with Crippen molar-refractivity contribution in [3.63, 3.8) is 0 Å². The van der Waals surface area contributed by atoms with Gasteiger partial charge >= 0.3 is 5.97 Å². The van der Waals surface area contributed by atoms with Crippen LogP contribution in [-0.4, -0.2) is 72.0 Å². The van der Waals surface area contributed by atoms with Gasteiger partial charge in [-0.2, -0.15) is 0 Å². The van der Waals surface area contributed by atoms with Gasteiger partial charge in [0.2, 0.25) is 17.7 Å². The molecule has 0 aromatic carbocycles. The molecule has 0 radical (unpaired) electrons. The van der Waals surface area contributed by atoms with E-state index in [0.29, 0.717) is 32.2 Å². The predicted molar refractivity (Wildman–Crippen MR) is 139 cm³/mol. The second-order valence-corrected chi connectivity index (χ2v) is 9.34. The fraction of sp³-hybridized carbons (Fsp3) is 0.783. The summed E-state index contributed by atoms with van der Waals surface area (Å²) in [6, 6.07) is -3.93. The maximum Gasteiger partial charge on any atom is 0.326 e. The summed E-state index contributed by atoms with van der Waals surface area (Å²) in [5.74, 6) is -3.42. The average Bonchev–Trinajstić information content (AvgIpc) is 2.81. The van der Waals surface area contributed by atoms with Gasteiger partial charge in [-0.05, 0) is 50.5 Å². The zero-order valence-corrected chi connectivity index (χ0v) is 22.0. The number of carboxylic acids is 1. The number of carbonyl (C=O) groups excluding carboxylic acids is 3. The van der Waals surface area contributed by atoms with Crippen molar-refractivity contribution in [2.45, 2.75) is 90.4 Å². The van der Waals surface area contributed by atoms with E-state index in [4.69, 9.17) is 22.9 Å². The molecule has 208 valence electrons. The number of guanidine groups is 1. The molecule has 13 nitrogen and oxygen atoms in total. The second-order valence-electron chi connectivity index (χ2n) is 9.34. The summed E-state index contributed by atoms with van der Waals surface area (Å²) in [4.78, 5) is 54.2. The van der Waals surface area contributed by atoms with Gasteiger partial charge in [0.05, 0.1) is 6.04 Å². The molecule has 0 bridgehead atoms. The number of carboxylic acid groups (broad SMARTS) is 1. The van der Waals surface area contributed by atoms with Crippen LogP contribution in [0.25, 0.3) is 0 Å². The first-order chi connectivity index (χ1) is 16.8. The van der Waals surface area contributed by atoms with E-state index in [9.17, 15) is 24.3 Å². The van der Waals surface area contributed by atoms with Crippen molar-refractivity contribution < 1.29 is 24.3 Å². The largest absolute Gasteiger partial charge is 0.480 e. The maximum atomic E-state index is 13.2. The van der Waals surface area contributed by atoms with Crippen LogP contribution in [0.5, 0.6) is 0 Å². The molecule has 0 fully saturated rings. The molecule has 0 aliphatic heterocycles. The van der Waals surface area contributed by atoms with E-state index in [2.05, 4.69) is 20.9 Å². The lowest BCUT2D eigenvalue weighted by molar-refractivity contribution is -0.143. The number of unbranched alkanes of at least 4 members (excludes halogenated alkanes) is 1. The van der Waals surface area contributed by atoms with Crippen molar-refractivity contribution in [1.29, 1.82) is 0 Å². The Balaban J connectivity index is 5.65. The van der Waals surface area contributed by atoms with Gasteiger partial charge in [0.15, 0.2) is 5.96 Å². The molecule has 0 spiro atoms. The Morgan fingerprint density at radius 1 is 0.861 bits per heavy atom. The third kappa shape index (κ3) is 12.7. The number of aliphatic imine (C=N–C) groups is 1. The first-order valence-corrected chi connectivity index (χ1v) is 12.5. The summed E-state index contributed by atoms with van der Waals surface area (Å²) >= 11 is 0. The number of nitrogens with zero attached hydrogens (tertiary/aromatic N) is 1. The lowest BCUT2D eigenvalue weighted by Crippen LogP contribution is -2.58. The molecule has 0 aromatic rings. The highest BCUT2D eigenvalue weighted by Crippen LogP contribution is 2.09. The van der Waals surface area contributed by atoms with Crippen molar-refractivity contribution >= 4 is 29.7 Å². The van der Waals surface area contributed by atoms with Gasteiger partial charge in [-0.3, -0.25) is 19.4 Å². The minimum atomic E-state index is -1.17. The number of carbonyl (C=O) groups is 4. The molecule has 0 saturated heterocycles. The van der Waals surface area contributed by atoms with Crippen LogP contribution >= 0.6 is 0 Å². The molecule has 5 unspecified atom stereocenters. The van der Waals surface area contributed by atoms with Crippen molar-refractivity contribution in [2.24, 2.45) is 39.8 Å². The topological polar surface area (TPSA) is 241 Å². The fourth-order valence-corrected chi connectivity index (χ4v) is 3.35. The number of nitrogens with one attached hydrogen (secondary N) is 3. The normalized spacial score (nSPS) is 15.2. The van der Waals surface area contributed by atoms with Crippen molar-refractivity contribution in [3.8, 4) is 0 Å². The van der Waals surface area contributed by atoms with Crippen molar-refractivity contribution in [2.75, 3.05) is 13.1 Å². The van der Waals surface area contributed by atoms with E-state index in [1.54, 1.807) is 13.8 Å². The molecule has 12 N–H and O–H groups in total. The molecule has 3 amide bonds. The summed E-state index contributed by atoms with van der Waals surface area (Å²) in [7, 11) is 0. The van der Waals surface area contributed by atoms with Gasteiger partial charge in [0.25, 0.3) is 0 Å². The minimum absolute atomic E-state index is 0.0893. The number of nitrogens with two attached hydrogens (primary N) is 4. The molecule has 0 aliphatic carbocycles. The quantitative estimate of drug-likeness (QED) is 0.0617. The second kappa shape index (κ2) is 17.5. The van der Waals surface area contributed by atoms with Gasteiger partial charge < -0.3 is 44.0 Å². The Kier molecular flexibility index (Phi) is 16.1. The third-order valence-electron chi connectivity index (χ3n) is 5.95. The van der Waals surface area contributed by atoms with Gasteiger partial charge in [-0.1, -0.05) is 34.1 Å². The Hall–Kier alpha value is -2.93. The molecule has 5 atom stereocenters. The molecule has 13 heteroatoms. The number of hydrogen-bond acceptors (Lipinski definition) is 7. The van der Waals surface area contributed by atoms with Crippen LogP contribution in [0, 0.1) is 11.8 Å². The van der Waals surface area contributed by atoms with Crippen molar-refractivity contribution in [3.05, 3.63) is 0 Å². The zero-order chi connectivity index (χ0) is 27.8. The van der Waals surface area contributed by atoms with Crippen LogP contribution in [-0.2, 0) is 19.2 Å². The highest BCUT2D eigenvalue weighted by atomic mass is 16.4. The van der Waals surface area contributed by atoms with Gasteiger partial charge in [0.1, 0.15) is 18.1 Å². The third-order valence-corrected chi connectivity index (χ3v) is 5.95. The minimum Gasteiger partial charge on any atom is -0.480 e. The molecule has 0 rings (SSSR count). The maximum absolute atomic E-state index is 13.2. The molecular formula is C23H46N8O5. The standard InChI is InChI=1S/C23H46N8O5/c1-5-14(4)17(25)21(34)30-16(10-8-12-28-23(26)27)19(32)29-15(9-6-7-11-24)20(33)31-18(13(2)3)22(35)36/h13-18H,5-12,24-25H2,1-4H3,(H,29,32)(H,30,34)(H,31,33)(H,35,36)(H4,26,27,28). The molecular weight excluding hydrogens is 468 g/mol. The summed E-state index contributed by atoms with van der Waals surface area (Å²) in [5, 5.41) is 17.3. The summed E-state index contributed by atoms with van der Waals surface area (Å²) in [6.45, 7) is 7.73.